The molecule has 0 unspecified atom stereocenters. The summed E-state index contributed by atoms with van der Waals surface area (Å²) in [6.45, 7) is 5.85. The smallest absolute Gasteiger partial charge is 0.358 e. The monoisotopic (exact) mass is 325 g/mol. The van der Waals surface area contributed by atoms with Crippen LogP contribution in [0.15, 0.2) is 6.20 Å². The first kappa shape index (κ1) is 15.6. The molecule has 0 fully saturated rings. The van der Waals surface area contributed by atoms with Gasteiger partial charge in [0.15, 0.2) is 16.6 Å². The van der Waals surface area contributed by atoms with E-state index in [0.717, 1.165) is 21.2 Å². The van der Waals surface area contributed by atoms with Crippen LogP contribution in [0.2, 0.25) is 0 Å². The maximum absolute atomic E-state index is 11.8. The highest BCUT2D eigenvalue weighted by atomic mass is 32.1. The molecule has 2 aromatic rings. The third kappa shape index (κ3) is 3.85. The Bertz CT molecular complexity index is 663. The number of rotatable bonds is 6. The van der Waals surface area contributed by atoms with E-state index < -0.39 is 5.97 Å². The van der Waals surface area contributed by atoms with E-state index >= 15 is 0 Å². The number of hydrogen-bond acceptors (Lipinski definition) is 8. The summed E-state index contributed by atoms with van der Waals surface area (Å²) in [6, 6.07) is 0. The fraction of sp³-hybridized carbons (Fsp3) is 0.385. The Hall–Kier alpha value is -1.80. The summed E-state index contributed by atoms with van der Waals surface area (Å²) in [5.74, 6) is -0.772. The van der Waals surface area contributed by atoms with Crippen LogP contribution in [-0.4, -0.2) is 28.3 Å². The Morgan fingerprint density at radius 1 is 1.38 bits per heavy atom. The summed E-state index contributed by atoms with van der Waals surface area (Å²) in [6.07, 6.45) is 1.80. The Kier molecular flexibility index (Phi) is 5.03. The molecule has 21 heavy (non-hydrogen) atoms. The van der Waals surface area contributed by atoms with Gasteiger partial charge in [0, 0.05) is 18.0 Å². The Morgan fingerprint density at radius 3 is 2.71 bits per heavy atom. The molecule has 0 atom stereocenters. The maximum Gasteiger partial charge on any atom is 0.358 e. The molecule has 2 aromatic heterocycles. The van der Waals surface area contributed by atoms with E-state index in [9.17, 15) is 9.59 Å². The van der Waals surface area contributed by atoms with Crippen molar-refractivity contribution in [2.24, 2.45) is 0 Å². The number of anilines is 1. The zero-order valence-electron chi connectivity index (χ0n) is 11.9. The average molecular weight is 325 g/mol. The van der Waals surface area contributed by atoms with Crippen LogP contribution in [0.3, 0.4) is 0 Å². The molecule has 0 bridgehead atoms. The molecule has 0 aliphatic carbocycles. The van der Waals surface area contributed by atoms with Crippen molar-refractivity contribution in [3.63, 3.8) is 0 Å². The van der Waals surface area contributed by atoms with Crippen molar-refractivity contribution in [1.82, 2.24) is 9.97 Å². The fourth-order valence-electron chi connectivity index (χ4n) is 1.61. The van der Waals surface area contributed by atoms with E-state index in [1.807, 2.05) is 6.92 Å². The van der Waals surface area contributed by atoms with Gasteiger partial charge in [-0.15, -0.1) is 11.3 Å². The molecule has 0 aromatic carbocycles. The van der Waals surface area contributed by atoms with Gasteiger partial charge in [0.25, 0.3) is 0 Å². The zero-order valence-corrected chi connectivity index (χ0v) is 13.6. The lowest BCUT2D eigenvalue weighted by Gasteiger charge is -1.99. The second-order valence-electron chi connectivity index (χ2n) is 4.19. The summed E-state index contributed by atoms with van der Waals surface area (Å²) in [4.78, 5) is 33.2. The standard InChI is InChI=1S/C13H15N3O3S2/c1-4-19-12(18)10-11(8(3)17)21-13(16-10)15-6-9-14-5-7(2)20-9/h5H,4,6H2,1-3H3,(H,15,16). The van der Waals surface area contributed by atoms with Crippen molar-refractivity contribution >= 4 is 39.6 Å². The summed E-state index contributed by atoms with van der Waals surface area (Å²) in [5, 5.41) is 4.51. The van der Waals surface area contributed by atoms with Crippen molar-refractivity contribution < 1.29 is 14.3 Å². The highest BCUT2D eigenvalue weighted by molar-refractivity contribution is 7.17. The quantitative estimate of drug-likeness (QED) is 0.649. The Balaban J connectivity index is 2.15. The molecular formula is C13H15N3O3S2. The Morgan fingerprint density at radius 2 is 2.14 bits per heavy atom. The van der Waals surface area contributed by atoms with Gasteiger partial charge in [-0.3, -0.25) is 4.79 Å². The molecule has 0 amide bonds. The van der Waals surface area contributed by atoms with Crippen molar-refractivity contribution in [2.45, 2.75) is 27.3 Å². The van der Waals surface area contributed by atoms with E-state index in [4.69, 9.17) is 4.74 Å². The zero-order chi connectivity index (χ0) is 15.4. The molecule has 2 heterocycles. The van der Waals surface area contributed by atoms with E-state index in [0.29, 0.717) is 16.6 Å². The highest BCUT2D eigenvalue weighted by Gasteiger charge is 2.22. The lowest BCUT2D eigenvalue weighted by atomic mass is 10.3. The van der Waals surface area contributed by atoms with E-state index in [2.05, 4.69) is 15.3 Å². The SMILES string of the molecule is CCOC(=O)c1nc(NCc2ncc(C)s2)sc1C(C)=O. The molecule has 6 nitrogen and oxygen atoms in total. The average Bonchev–Trinajstić information content (AvgIpc) is 3.03. The molecule has 8 heteroatoms. The molecule has 0 aliphatic rings. The number of carbonyl (C=O) groups is 2. The number of nitrogens with zero attached hydrogens (tertiary/aromatic N) is 2. The second-order valence-corrected chi connectivity index (χ2v) is 6.51. The van der Waals surface area contributed by atoms with Crippen LogP contribution in [0, 0.1) is 6.92 Å². The van der Waals surface area contributed by atoms with Crippen LogP contribution in [0.5, 0.6) is 0 Å². The van der Waals surface area contributed by atoms with E-state index in [1.54, 1.807) is 24.5 Å². The summed E-state index contributed by atoms with van der Waals surface area (Å²) in [5.41, 5.74) is 0.0761. The molecule has 0 radical (unpaired) electrons. The first-order valence-corrected chi connectivity index (χ1v) is 7.98. The van der Waals surface area contributed by atoms with Gasteiger partial charge in [-0.2, -0.15) is 0 Å². The van der Waals surface area contributed by atoms with Crippen LogP contribution < -0.4 is 5.32 Å². The van der Waals surface area contributed by atoms with Crippen LogP contribution in [-0.2, 0) is 11.3 Å². The minimum Gasteiger partial charge on any atom is -0.461 e. The molecule has 0 spiro atoms. The number of nitrogens with one attached hydrogen (secondary N) is 1. The molecule has 0 saturated heterocycles. The van der Waals surface area contributed by atoms with Gasteiger partial charge in [-0.25, -0.2) is 14.8 Å². The van der Waals surface area contributed by atoms with Crippen LogP contribution in [0.4, 0.5) is 5.13 Å². The van der Waals surface area contributed by atoms with Gasteiger partial charge >= 0.3 is 5.97 Å². The molecular weight excluding hydrogens is 310 g/mol. The molecule has 0 saturated carbocycles. The van der Waals surface area contributed by atoms with Gasteiger partial charge in [-0.1, -0.05) is 11.3 Å². The molecule has 2 rings (SSSR count). The number of thiazole rings is 2. The van der Waals surface area contributed by atoms with Crippen LogP contribution >= 0.6 is 22.7 Å². The maximum atomic E-state index is 11.8. The van der Waals surface area contributed by atoms with Crippen LogP contribution in [0.1, 0.15) is 43.9 Å². The summed E-state index contributed by atoms with van der Waals surface area (Å²) in [7, 11) is 0. The van der Waals surface area contributed by atoms with Crippen LogP contribution in [0.25, 0.3) is 0 Å². The summed E-state index contributed by atoms with van der Waals surface area (Å²) < 4.78 is 4.91. The molecule has 0 aliphatic heterocycles. The van der Waals surface area contributed by atoms with Crippen molar-refractivity contribution in [1.29, 1.82) is 0 Å². The number of aryl methyl sites for hydroxylation is 1. The minimum atomic E-state index is -0.572. The van der Waals surface area contributed by atoms with Gasteiger partial charge in [0.2, 0.25) is 0 Å². The largest absolute Gasteiger partial charge is 0.461 e. The number of esters is 1. The first-order valence-electron chi connectivity index (χ1n) is 6.35. The van der Waals surface area contributed by atoms with E-state index in [1.165, 1.54) is 6.92 Å². The normalized spacial score (nSPS) is 10.4. The van der Waals surface area contributed by atoms with Gasteiger partial charge in [0.1, 0.15) is 9.88 Å². The number of ether oxygens (including phenoxy) is 1. The van der Waals surface area contributed by atoms with Crippen molar-refractivity contribution in [3.05, 3.63) is 26.7 Å². The van der Waals surface area contributed by atoms with Crippen molar-refractivity contribution in [2.75, 3.05) is 11.9 Å². The lowest BCUT2D eigenvalue weighted by molar-refractivity contribution is 0.0517. The predicted octanol–water partition coefficient (Wildman–Crippen LogP) is 2.90. The molecule has 1 N–H and O–H groups in total. The fourth-order valence-corrected chi connectivity index (χ4v) is 3.18. The number of hydrogen-bond donors (Lipinski definition) is 1. The molecule has 112 valence electrons. The number of ketones is 1. The number of Topliss-reactive ketones (excluding diaryl/α,β-unsaturated/α-hetero) is 1. The van der Waals surface area contributed by atoms with Gasteiger partial charge < -0.3 is 10.1 Å². The lowest BCUT2D eigenvalue weighted by Crippen LogP contribution is -2.09. The topological polar surface area (TPSA) is 81.2 Å². The van der Waals surface area contributed by atoms with E-state index in [-0.39, 0.29) is 18.1 Å². The minimum absolute atomic E-state index is 0.0761. The number of carbonyl (C=O) groups excluding carboxylic acids is 2. The highest BCUT2D eigenvalue weighted by Crippen LogP contribution is 2.25. The van der Waals surface area contributed by atoms with Gasteiger partial charge in [-0.05, 0) is 13.8 Å². The Labute approximate surface area is 130 Å². The van der Waals surface area contributed by atoms with Crippen molar-refractivity contribution in [3.8, 4) is 0 Å². The second kappa shape index (κ2) is 6.77. The number of aromatic nitrogens is 2. The van der Waals surface area contributed by atoms with Gasteiger partial charge in [0.05, 0.1) is 13.2 Å². The summed E-state index contributed by atoms with van der Waals surface area (Å²) >= 11 is 2.74. The third-order valence-corrected chi connectivity index (χ3v) is 4.50. The first-order chi connectivity index (χ1) is 10.0. The third-order valence-electron chi connectivity index (χ3n) is 2.48. The predicted molar refractivity (Wildman–Crippen MR) is 82.3 cm³/mol.